The van der Waals surface area contributed by atoms with E-state index in [1.807, 2.05) is 17.4 Å². The van der Waals surface area contributed by atoms with Gasteiger partial charge in [0.1, 0.15) is 23.1 Å². The zero-order valence-corrected chi connectivity index (χ0v) is 31.4. The first kappa shape index (κ1) is 32.0. The van der Waals surface area contributed by atoms with Gasteiger partial charge in [-0.25, -0.2) is 9.97 Å². The first-order valence-corrected chi connectivity index (χ1v) is 19.9. The van der Waals surface area contributed by atoms with Gasteiger partial charge in [0.25, 0.3) is 0 Å². The van der Waals surface area contributed by atoms with Crippen LogP contribution in [0.25, 0.3) is 114 Å². The number of thiophene rings is 1. The highest BCUT2D eigenvalue weighted by atomic mass is 32.1. The van der Waals surface area contributed by atoms with Gasteiger partial charge in [-0.2, -0.15) is 0 Å². The van der Waals surface area contributed by atoms with Gasteiger partial charge in [0.15, 0.2) is 5.58 Å². The summed E-state index contributed by atoms with van der Waals surface area (Å²) in [4.78, 5) is 9.65. The number of furan rings is 1. The predicted molar refractivity (Wildman–Crippen MR) is 238 cm³/mol. The van der Waals surface area contributed by atoms with Crippen molar-refractivity contribution in [1.82, 2.24) is 14.5 Å². The molecule has 0 saturated heterocycles. The molecule has 0 spiro atoms. The van der Waals surface area contributed by atoms with Gasteiger partial charge in [-0.05, 0) is 81.9 Å². The average Bonchev–Trinajstić information content (AvgIpc) is 3.96. The van der Waals surface area contributed by atoms with Crippen LogP contribution >= 0.6 is 11.3 Å². The molecule has 0 amide bonds. The summed E-state index contributed by atoms with van der Waals surface area (Å²) in [6, 6.07) is 65.1. The molecule has 8 aromatic carbocycles. The summed E-state index contributed by atoms with van der Waals surface area (Å²) < 4.78 is 11.4. The molecule has 12 rings (SSSR count). The third-order valence-electron chi connectivity index (χ3n) is 11.3. The lowest BCUT2D eigenvalue weighted by atomic mass is 9.99. The van der Waals surface area contributed by atoms with Crippen molar-refractivity contribution in [2.24, 2.45) is 0 Å². The zero-order chi connectivity index (χ0) is 37.5. The van der Waals surface area contributed by atoms with E-state index in [9.17, 15) is 0 Å². The number of hydrogen-bond donors (Lipinski definition) is 0. The second-order valence-corrected chi connectivity index (χ2v) is 15.7. The Balaban J connectivity index is 0.955. The van der Waals surface area contributed by atoms with Crippen molar-refractivity contribution in [1.29, 1.82) is 0 Å². The van der Waals surface area contributed by atoms with Crippen LogP contribution in [0.4, 0.5) is 0 Å². The molecular weight excluding hydrogens is 715 g/mol. The Labute approximate surface area is 331 Å². The minimum Gasteiger partial charge on any atom is -0.452 e. The molecule has 0 N–H and O–H groups in total. The molecule has 0 aliphatic carbocycles. The molecule has 57 heavy (non-hydrogen) atoms. The Kier molecular flexibility index (Phi) is 7.06. The molecule has 0 aliphatic heterocycles. The van der Waals surface area contributed by atoms with E-state index >= 15 is 0 Å². The Hall–Kier alpha value is -7.34. The number of aromatic nitrogens is 3. The first-order chi connectivity index (χ1) is 28.2. The van der Waals surface area contributed by atoms with E-state index in [1.54, 1.807) is 6.33 Å². The first-order valence-electron chi connectivity index (χ1n) is 19.1. The fraction of sp³-hybridized carbons (Fsp3) is 0. The van der Waals surface area contributed by atoms with Gasteiger partial charge in [0.2, 0.25) is 0 Å². The van der Waals surface area contributed by atoms with Crippen LogP contribution in [0.1, 0.15) is 0 Å². The minimum atomic E-state index is 0.703. The van der Waals surface area contributed by atoms with Crippen LogP contribution < -0.4 is 0 Å². The maximum absolute atomic E-state index is 6.60. The topological polar surface area (TPSA) is 43.9 Å². The maximum Gasteiger partial charge on any atom is 0.180 e. The lowest BCUT2D eigenvalue weighted by molar-refractivity contribution is 0.667. The quantitative estimate of drug-likeness (QED) is 0.176. The molecule has 0 saturated carbocycles. The normalized spacial score (nSPS) is 11.9. The molecule has 0 bridgehead atoms. The lowest BCUT2D eigenvalue weighted by Gasteiger charge is -2.09. The molecule has 4 aromatic heterocycles. The Morgan fingerprint density at radius 2 is 1.09 bits per heavy atom. The van der Waals surface area contributed by atoms with Gasteiger partial charge in [0, 0.05) is 47.6 Å². The number of rotatable bonds is 5. The highest BCUT2D eigenvalue weighted by Crippen LogP contribution is 2.44. The fourth-order valence-corrected chi connectivity index (χ4v) is 9.81. The smallest absolute Gasteiger partial charge is 0.180 e. The standard InChI is InChI=1S/C52H31N3OS/c1-3-10-32(11-4-1)33-18-20-34(21-19-33)35-24-27-46-43(28-35)51-52(56-46)50(53-31-54-51)42-15-9-17-47-49(42)41-26-23-37(30-48(41)57-47)36-22-25-40-39-14-7-8-16-44(39)55(45(40)29-36)38-12-5-2-6-13-38/h1-31H. The summed E-state index contributed by atoms with van der Waals surface area (Å²) in [7, 11) is 0. The van der Waals surface area contributed by atoms with Crippen molar-refractivity contribution in [3.05, 3.63) is 188 Å². The van der Waals surface area contributed by atoms with Gasteiger partial charge in [0.05, 0.1) is 11.0 Å². The van der Waals surface area contributed by atoms with Crippen LogP contribution in [-0.4, -0.2) is 14.5 Å². The highest BCUT2D eigenvalue weighted by molar-refractivity contribution is 7.26. The molecule has 0 fully saturated rings. The predicted octanol–water partition coefficient (Wildman–Crippen LogP) is 14.5. The summed E-state index contributed by atoms with van der Waals surface area (Å²) in [6.45, 7) is 0. The third kappa shape index (κ3) is 5.06. The summed E-state index contributed by atoms with van der Waals surface area (Å²) in [6.07, 6.45) is 1.67. The second-order valence-electron chi connectivity index (χ2n) is 14.6. The van der Waals surface area contributed by atoms with Crippen LogP contribution in [0, 0.1) is 0 Å². The van der Waals surface area contributed by atoms with Gasteiger partial charge < -0.3 is 8.98 Å². The second kappa shape index (κ2) is 12.6. The van der Waals surface area contributed by atoms with E-state index in [-0.39, 0.29) is 0 Å². The largest absolute Gasteiger partial charge is 0.452 e. The number of para-hydroxylation sites is 2. The highest BCUT2D eigenvalue weighted by Gasteiger charge is 2.20. The van der Waals surface area contributed by atoms with Crippen molar-refractivity contribution in [3.63, 3.8) is 0 Å². The fourth-order valence-electron chi connectivity index (χ4n) is 8.64. The number of benzene rings is 8. The van der Waals surface area contributed by atoms with Crippen molar-refractivity contribution >= 4 is 75.4 Å². The molecule has 4 nitrogen and oxygen atoms in total. The van der Waals surface area contributed by atoms with E-state index in [0.29, 0.717) is 5.58 Å². The van der Waals surface area contributed by atoms with Crippen LogP contribution in [0.3, 0.4) is 0 Å². The maximum atomic E-state index is 6.60. The van der Waals surface area contributed by atoms with Gasteiger partial charge in [-0.1, -0.05) is 133 Å². The Morgan fingerprint density at radius 3 is 1.93 bits per heavy atom. The number of nitrogens with zero attached hydrogens (tertiary/aromatic N) is 3. The molecule has 0 radical (unpaired) electrons. The zero-order valence-electron chi connectivity index (χ0n) is 30.6. The molecule has 4 heterocycles. The van der Waals surface area contributed by atoms with E-state index in [0.717, 1.165) is 44.6 Å². The molecular formula is C52H31N3OS. The van der Waals surface area contributed by atoms with Crippen molar-refractivity contribution in [2.75, 3.05) is 0 Å². The Bertz CT molecular complexity index is 3510. The van der Waals surface area contributed by atoms with Crippen molar-refractivity contribution < 1.29 is 4.42 Å². The Morgan fingerprint density at radius 1 is 0.439 bits per heavy atom. The monoisotopic (exact) mass is 745 g/mol. The van der Waals surface area contributed by atoms with Crippen LogP contribution in [-0.2, 0) is 0 Å². The van der Waals surface area contributed by atoms with E-state index in [4.69, 9.17) is 14.4 Å². The van der Waals surface area contributed by atoms with Gasteiger partial charge in [-0.15, -0.1) is 11.3 Å². The average molecular weight is 746 g/mol. The van der Waals surface area contributed by atoms with Gasteiger partial charge >= 0.3 is 0 Å². The lowest BCUT2D eigenvalue weighted by Crippen LogP contribution is -1.93. The van der Waals surface area contributed by atoms with Crippen molar-refractivity contribution in [2.45, 2.75) is 0 Å². The number of fused-ring (bicyclic) bond motifs is 9. The molecule has 5 heteroatoms. The third-order valence-corrected chi connectivity index (χ3v) is 12.5. The summed E-state index contributed by atoms with van der Waals surface area (Å²) in [5.41, 5.74) is 14.8. The van der Waals surface area contributed by atoms with Crippen molar-refractivity contribution in [3.8, 4) is 50.3 Å². The summed E-state index contributed by atoms with van der Waals surface area (Å²) in [5.74, 6) is 0. The SMILES string of the molecule is c1ccc(-c2ccc(-c3ccc4oc5c(-c6cccc7sc8cc(-c9ccc%10c%11ccccc%11n(-c%11ccccc%11)c%10c9)ccc8c67)ncnc5c4c3)cc2)cc1. The summed E-state index contributed by atoms with van der Waals surface area (Å²) in [5, 5.41) is 5.88. The van der Waals surface area contributed by atoms with E-state index in [2.05, 4.69) is 180 Å². The van der Waals surface area contributed by atoms with Gasteiger partial charge in [-0.3, -0.25) is 0 Å². The molecule has 0 atom stereocenters. The summed E-state index contributed by atoms with van der Waals surface area (Å²) >= 11 is 1.82. The minimum absolute atomic E-state index is 0.703. The van der Waals surface area contributed by atoms with Crippen LogP contribution in [0.5, 0.6) is 0 Å². The number of hydrogen-bond acceptors (Lipinski definition) is 4. The van der Waals surface area contributed by atoms with E-state index in [1.165, 1.54) is 64.2 Å². The van der Waals surface area contributed by atoms with Crippen LogP contribution in [0.2, 0.25) is 0 Å². The molecule has 0 aliphatic rings. The molecule has 0 unspecified atom stereocenters. The van der Waals surface area contributed by atoms with E-state index < -0.39 is 0 Å². The van der Waals surface area contributed by atoms with Crippen LogP contribution in [0.15, 0.2) is 193 Å². The molecule has 266 valence electrons. The molecule has 12 aromatic rings.